The number of carbonyl (C=O) groups is 1. The van der Waals surface area contributed by atoms with Gasteiger partial charge in [-0.1, -0.05) is 49.2 Å². The van der Waals surface area contributed by atoms with Crippen molar-refractivity contribution >= 4 is 17.4 Å². The summed E-state index contributed by atoms with van der Waals surface area (Å²) in [5, 5.41) is 6.40. The maximum Gasteiger partial charge on any atom is 0.251 e. The van der Waals surface area contributed by atoms with E-state index in [-0.39, 0.29) is 5.91 Å². The summed E-state index contributed by atoms with van der Waals surface area (Å²) >= 11 is 0. The number of hydrogen-bond donors (Lipinski definition) is 2. The van der Waals surface area contributed by atoms with Gasteiger partial charge in [-0.05, 0) is 31.0 Å². The number of anilines is 2. The van der Waals surface area contributed by atoms with Gasteiger partial charge in [0, 0.05) is 28.9 Å². The maximum atomic E-state index is 12.5. The molecule has 1 aliphatic carbocycles. The number of aromatic nitrogens is 2. The average molecular weight is 358 g/mol. The summed E-state index contributed by atoms with van der Waals surface area (Å²) in [5.74, 6) is 0.676. The summed E-state index contributed by atoms with van der Waals surface area (Å²) < 4.78 is 0. The molecule has 0 atom stereocenters. The van der Waals surface area contributed by atoms with Gasteiger partial charge < -0.3 is 10.6 Å². The van der Waals surface area contributed by atoms with E-state index in [0.29, 0.717) is 17.4 Å². The van der Waals surface area contributed by atoms with Gasteiger partial charge in [0.1, 0.15) is 12.1 Å². The minimum atomic E-state index is -0.0155. The number of benzene rings is 2. The third-order valence-corrected chi connectivity index (χ3v) is 4.82. The highest BCUT2D eigenvalue weighted by atomic mass is 16.1. The van der Waals surface area contributed by atoms with Crippen molar-refractivity contribution in [3.05, 3.63) is 72.6 Å². The lowest BCUT2D eigenvalue weighted by atomic mass is 10.1. The Morgan fingerprint density at radius 3 is 2.56 bits per heavy atom. The minimum Gasteiger partial charge on any atom is -0.349 e. The Balaban J connectivity index is 1.49. The third-order valence-electron chi connectivity index (χ3n) is 4.82. The monoisotopic (exact) mass is 358 g/mol. The summed E-state index contributed by atoms with van der Waals surface area (Å²) in [5.41, 5.74) is 3.37. The fourth-order valence-corrected chi connectivity index (χ4v) is 3.42. The lowest BCUT2D eigenvalue weighted by Crippen LogP contribution is -2.32. The van der Waals surface area contributed by atoms with Crippen molar-refractivity contribution in [3.63, 3.8) is 0 Å². The van der Waals surface area contributed by atoms with Crippen LogP contribution in [0.1, 0.15) is 36.0 Å². The number of amides is 1. The van der Waals surface area contributed by atoms with E-state index in [2.05, 4.69) is 20.6 Å². The summed E-state index contributed by atoms with van der Waals surface area (Å²) in [6.45, 7) is 0. The van der Waals surface area contributed by atoms with Crippen LogP contribution in [0.15, 0.2) is 67.0 Å². The van der Waals surface area contributed by atoms with Crippen molar-refractivity contribution in [3.8, 4) is 11.3 Å². The van der Waals surface area contributed by atoms with Crippen molar-refractivity contribution in [2.24, 2.45) is 0 Å². The van der Waals surface area contributed by atoms with Gasteiger partial charge in [0.05, 0.1) is 5.69 Å². The second-order valence-electron chi connectivity index (χ2n) is 6.82. The SMILES string of the molecule is O=C(NC1CCCC1)c1cccc(Nc2cc(-c3ccccc3)ncn2)c1. The Morgan fingerprint density at radius 1 is 0.926 bits per heavy atom. The van der Waals surface area contributed by atoms with Crippen LogP contribution in [0.2, 0.25) is 0 Å². The summed E-state index contributed by atoms with van der Waals surface area (Å²) in [7, 11) is 0. The second kappa shape index (κ2) is 7.99. The van der Waals surface area contributed by atoms with E-state index in [9.17, 15) is 4.79 Å². The lowest BCUT2D eigenvalue weighted by molar-refractivity contribution is 0.0938. The van der Waals surface area contributed by atoms with Crippen LogP contribution >= 0.6 is 0 Å². The van der Waals surface area contributed by atoms with E-state index in [0.717, 1.165) is 29.8 Å². The molecule has 1 heterocycles. The fourth-order valence-electron chi connectivity index (χ4n) is 3.42. The molecule has 5 nitrogen and oxygen atoms in total. The van der Waals surface area contributed by atoms with Gasteiger partial charge in [0.15, 0.2) is 0 Å². The van der Waals surface area contributed by atoms with E-state index in [1.54, 1.807) is 6.33 Å². The normalized spacial score (nSPS) is 14.1. The van der Waals surface area contributed by atoms with Gasteiger partial charge in [0.2, 0.25) is 0 Å². The van der Waals surface area contributed by atoms with Crippen LogP contribution in [0.25, 0.3) is 11.3 Å². The molecule has 5 heteroatoms. The molecule has 2 N–H and O–H groups in total. The molecule has 0 saturated heterocycles. The predicted octanol–water partition coefficient (Wildman–Crippen LogP) is 4.56. The van der Waals surface area contributed by atoms with E-state index in [1.165, 1.54) is 12.8 Å². The fraction of sp³-hybridized carbons (Fsp3) is 0.227. The summed E-state index contributed by atoms with van der Waals surface area (Å²) in [6, 6.07) is 19.7. The average Bonchev–Trinajstić information content (AvgIpc) is 3.22. The van der Waals surface area contributed by atoms with Crippen molar-refractivity contribution in [2.45, 2.75) is 31.7 Å². The number of nitrogens with zero attached hydrogens (tertiary/aromatic N) is 2. The Labute approximate surface area is 158 Å². The number of hydrogen-bond acceptors (Lipinski definition) is 4. The summed E-state index contributed by atoms with van der Waals surface area (Å²) in [4.78, 5) is 21.1. The topological polar surface area (TPSA) is 66.9 Å². The predicted molar refractivity (Wildman–Crippen MR) is 107 cm³/mol. The summed E-state index contributed by atoms with van der Waals surface area (Å²) in [6.07, 6.45) is 6.09. The molecule has 2 aromatic carbocycles. The van der Waals surface area contributed by atoms with Crippen molar-refractivity contribution in [1.29, 1.82) is 0 Å². The van der Waals surface area contributed by atoms with Crippen molar-refractivity contribution < 1.29 is 4.79 Å². The van der Waals surface area contributed by atoms with E-state index in [1.807, 2.05) is 60.7 Å². The Hall–Kier alpha value is -3.21. The quantitative estimate of drug-likeness (QED) is 0.702. The largest absolute Gasteiger partial charge is 0.349 e. The Bertz CT molecular complexity index is 920. The Morgan fingerprint density at radius 2 is 1.74 bits per heavy atom. The lowest BCUT2D eigenvalue weighted by Gasteiger charge is -2.13. The molecule has 27 heavy (non-hydrogen) atoms. The smallest absolute Gasteiger partial charge is 0.251 e. The van der Waals surface area contributed by atoms with Crippen LogP contribution in [0, 0.1) is 0 Å². The first-order valence-corrected chi connectivity index (χ1v) is 9.33. The molecular weight excluding hydrogens is 336 g/mol. The van der Waals surface area contributed by atoms with Crippen LogP contribution in [-0.4, -0.2) is 21.9 Å². The molecular formula is C22H22N4O. The number of carbonyl (C=O) groups excluding carboxylic acids is 1. The van der Waals surface area contributed by atoms with Crippen LogP contribution < -0.4 is 10.6 Å². The molecule has 0 unspecified atom stereocenters. The second-order valence-corrected chi connectivity index (χ2v) is 6.82. The molecule has 0 radical (unpaired) electrons. The zero-order valence-corrected chi connectivity index (χ0v) is 15.1. The first-order chi connectivity index (χ1) is 13.3. The van der Waals surface area contributed by atoms with Gasteiger partial charge in [-0.3, -0.25) is 4.79 Å². The zero-order chi connectivity index (χ0) is 18.5. The molecule has 0 spiro atoms. The first kappa shape index (κ1) is 17.2. The Kier molecular flexibility index (Phi) is 5.10. The van der Waals surface area contributed by atoms with Gasteiger partial charge in [-0.25, -0.2) is 9.97 Å². The van der Waals surface area contributed by atoms with Crippen molar-refractivity contribution in [2.75, 3.05) is 5.32 Å². The van der Waals surface area contributed by atoms with Gasteiger partial charge in [-0.2, -0.15) is 0 Å². The van der Waals surface area contributed by atoms with Crippen LogP contribution in [0.3, 0.4) is 0 Å². The highest BCUT2D eigenvalue weighted by Crippen LogP contribution is 2.22. The minimum absolute atomic E-state index is 0.0155. The molecule has 1 saturated carbocycles. The molecule has 1 aliphatic rings. The highest BCUT2D eigenvalue weighted by molar-refractivity contribution is 5.95. The van der Waals surface area contributed by atoms with E-state index < -0.39 is 0 Å². The number of nitrogens with one attached hydrogen (secondary N) is 2. The molecule has 1 fully saturated rings. The maximum absolute atomic E-state index is 12.5. The third kappa shape index (κ3) is 4.31. The van der Waals surface area contributed by atoms with Crippen LogP contribution in [-0.2, 0) is 0 Å². The molecule has 0 aliphatic heterocycles. The van der Waals surface area contributed by atoms with E-state index in [4.69, 9.17) is 0 Å². The van der Waals surface area contributed by atoms with Crippen LogP contribution in [0.5, 0.6) is 0 Å². The molecule has 136 valence electrons. The molecule has 4 rings (SSSR count). The molecule has 1 aromatic heterocycles. The molecule has 1 amide bonds. The zero-order valence-electron chi connectivity index (χ0n) is 15.1. The van der Waals surface area contributed by atoms with Gasteiger partial charge >= 0.3 is 0 Å². The van der Waals surface area contributed by atoms with Crippen molar-refractivity contribution in [1.82, 2.24) is 15.3 Å². The van der Waals surface area contributed by atoms with Crippen LogP contribution in [0.4, 0.5) is 11.5 Å². The standard InChI is InChI=1S/C22H22N4O/c27-22(26-18-10-4-5-11-18)17-9-6-12-19(13-17)25-21-14-20(23-15-24-21)16-7-2-1-3-8-16/h1-3,6-9,12-15,18H,4-5,10-11H2,(H,26,27)(H,23,24,25). The first-order valence-electron chi connectivity index (χ1n) is 9.33. The number of rotatable bonds is 5. The van der Waals surface area contributed by atoms with Gasteiger partial charge in [-0.15, -0.1) is 0 Å². The van der Waals surface area contributed by atoms with E-state index >= 15 is 0 Å². The molecule has 0 bridgehead atoms. The highest BCUT2D eigenvalue weighted by Gasteiger charge is 2.18. The molecule has 3 aromatic rings. The van der Waals surface area contributed by atoms with Gasteiger partial charge in [0.25, 0.3) is 5.91 Å².